The molecule has 4 rings (SSSR count). The van der Waals surface area contributed by atoms with Gasteiger partial charge in [0.05, 0.1) is 19.0 Å². The Morgan fingerprint density at radius 2 is 1.97 bits per heavy atom. The number of thiazole rings is 1. The molecule has 0 saturated carbocycles. The standard InChI is InChI=1S/C23H17ClF2N4O4S2/c1-12-8-15(27-10-14-4-3-5-18(34-2)20(14)31)11-28-22(12)36(32,33)30-23-29-19(21(24)35-23)13-6-7-16(25)17(26)9-13/h3-11,31H,1-2H3,(H,29,30)/b27-10+. The summed E-state index contributed by atoms with van der Waals surface area (Å²) in [5.74, 6) is -1.90. The normalized spacial score (nSPS) is 11.7. The topological polar surface area (TPSA) is 114 Å². The number of nitrogens with zero attached hydrogens (tertiary/aromatic N) is 3. The second-order valence-electron chi connectivity index (χ2n) is 7.35. The van der Waals surface area contributed by atoms with Crippen molar-refractivity contribution >= 4 is 50.0 Å². The Bertz CT molecular complexity index is 1590. The van der Waals surface area contributed by atoms with Crippen LogP contribution in [0.1, 0.15) is 11.1 Å². The van der Waals surface area contributed by atoms with Crippen LogP contribution in [0.25, 0.3) is 11.3 Å². The zero-order valence-corrected chi connectivity index (χ0v) is 21.0. The second-order valence-corrected chi connectivity index (χ2v) is 10.5. The van der Waals surface area contributed by atoms with Crippen LogP contribution in [0.3, 0.4) is 0 Å². The molecule has 4 aromatic rings. The maximum Gasteiger partial charge on any atom is 0.281 e. The number of phenols is 1. The van der Waals surface area contributed by atoms with Crippen molar-refractivity contribution in [3.63, 3.8) is 0 Å². The Kier molecular flexibility index (Phi) is 7.20. The van der Waals surface area contributed by atoms with Crippen LogP contribution in [-0.2, 0) is 10.0 Å². The molecule has 0 atom stereocenters. The van der Waals surface area contributed by atoms with Gasteiger partial charge in [-0.2, -0.15) is 8.42 Å². The van der Waals surface area contributed by atoms with E-state index in [0.29, 0.717) is 16.8 Å². The molecule has 13 heteroatoms. The Morgan fingerprint density at radius 1 is 1.19 bits per heavy atom. The van der Waals surface area contributed by atoms with Gasteiger partial charge in [-0.15, -0.1) is 0 Å². The van der Waals surface area contributed by atoms with E-state index in [1.54, 1.807) is 25.1 Å². The largest absolute Gasteiger partial charge is 0.504 e. The number of aromatic nitrogens is 2. The monoisotopic (exact) mass is 550 g/mol. The van der Waals surface area contributed by atoms with Crippen LogP contribution in [-0.4, -0.2) is 36.8 Å². The number of benzene rings is 2. The van der Waals surface area contributed by atoms with E-state index in [0.717, 1.165) is 23.5 Å². The molecule has 0 bridgehead atoms. The molecule has 0 unspecified atom stereocenters. The molecule has 0 spiro atoms. The van der Waals surface area contributed by atoms with Gasteiger partial charge in [0.1, 0.15) is 10.0 Å². The van der Waals surface area contributed by atoms with E-state index in [-0.39, 0.29) is 37.3 Å². The summed E-state index contributed by atoms with van der Waals surface area (Å²) < 4.78 is 60.2. The summed E-state index contributed by atoms with van der Waals surface area (Å²) in [4.78, 5) is 12.4. The Balaban J connectivity index is 1.56. The van der Waals surface area contributed by atoms with Gasteiger partial charge >= 0.3 is 0 Å². The number of hydrogen-bond donors (Lipinski definition) is 2. The number of anilines is 1. The molecule has 0 aliphatic carbocycles. The zero-order chi connectivity index (χ0) is 26.0. The molecule has 2 N–H and O–H groups in total. The number of pyridine rings is 1. The van der Waals surface area contributed by atoms with Gasteiger partial charge in [0.15, 0.2) is 33.3 Å². The number of ether oxygens (including phenoxy) is 1. The first kappa shape index (κ1) is 25.5. The van der Waals surface area contributed by atoms with Crippen molar-refractivity contribution < 1.29 is 27.0 Å². The molecule has 0 amide bonds. The lowest BCUT2D eigenvalue weighted by atomic mass is 10.2. The fourth-order valence-electron chi connectivity index (χ4n) is 3.18. The molecule has 36 heavy (non-hydrogen) atoms. The van der Waals surface area contributed by atoms with E-state index in [1.807, 2.05) is 0 Å². The Morgan fingerprint density at radius 3 is 2.67 bits per heavy atom. The van der Waals surface area contributed by atoms with Crippen molar-refractivity contribution in [2.75, 3.05) is 11.8 Å². The summed E-state index contributed by atoms with van der Waals surface area (Å²) >= 11 is 6.98. The van der Waals surface area contributed by atoms with Crippen molar-refractivity contribution in [2.45, 2.75) is 11.9 Å². The fraction of sp³-hybridized carbons (Fsp3) is 0.0870. The van der Waals surface area contributed by atoms with Gasteiger partial charge in [-0.1, -0.05) is 29.0 Å². The second kappa shape index (κ2) is 10.2. The van der Waals surface area contributed by atoms with Gasteiger partial charge in [-0.05, 0) is 48.9 Å². The van der Waals surface area contributed by atoms with Crippen molar-refractivity contribution in [3.8, 4) is 22.8 Å². The number of halogens is 3. The molecule has 8 nitrogen and oxygen atoms in total. The van der Waals surface area contributed by atoms with Crippen molar-refractivity contribution in [3.05, 3.63) is 75.8 Å². The molecule has 0 saturated heterocycles. The summed E-state index contributed by atoms with van der Waals surface area (Å²) in [5, 5.41) is 9.83. The van der Waals surface area contributed by atoms with Crippen LogP contribution in [0.15, 0.2) is 58.7 Å². The van der Waals surface area contributed by atoms with E-state index in [4.69, 9.17) is 16.3 Å². The molecule has 0 fully saturated rings. The number of nitrogens with one attached hydrogen (secondary N) is 1. The summed E-state index contributed by atoms with van der Waals surface area (Å²) in [6, 6.07) is 9.57. The Labute approximate surface area is 214 Å². The Hall–Kier alpha value is -3.61. The van der Waals surface area contributed by atoms with Crippen molar-refractivity contribution in [1.29, 1.82) is 0 Å². The molecule has 0 aliphatic heterocycles. The maximum absolute atomic E-state index is 13.6. The minimum absolute atomic E-state index is 0.0727. The van der Waals surface area contributed by atoms with Gasteiger partial charge in [0.2, 0.25) is 0 Å². The highest BCUT2D eigenvalue weighted by molar-refractivity contribution is 7.92. The van der Waals surface area contributed by atoms with Crippen LogP contribution in [0.2, 0.25) is 4.34 Å². The van der Waals surface area contributed by atoms with Gasteiger partial charge < -0.3 is 9.84 Å². The first-order valence-corrected chi connectivity index (χ1v) is 12.8. The number of phenolic OH excluding ortho intramolecular Hbond substituents is 1. The van der Waals surface area contributed by atoms with E-state index in [1.165, 1.54) is 31.7 Å². The first-order valence-electron chi connectivity index (χ1n) is 10.1. The zero-order valence-electron chi connectivity index (χ0n) is 18.7. The van der Waals surface area contributed by atoms with Gasteiger partial charge in [0.25, 0.3) is 10.0 Å². The number of para-hydroxylation sites is 1. The maximum atomic E-state index is 13.6. The average Bonchev–Trinajstić information content (AvgIpc) is 3.19. The van der Waals surface area contributed by atoms with Crippen LogP contribution in [0.5, 0.6) is 11.5 Å². The number of sulfonamides is 1. The molecule has 2 aromatic heterocycles. The smallest absolute Gasteiger partial charge is 0.281 e. The lowest BCUT2D eigenvalue weighted by Crippen LogP contribution is -2.15. The lowest BCUT2D eigenvalue weighted by Gasteiger charge is -2.08. The predicted octanol–water partition coefficient (Wildman–Crippen LogP) is 5.71. The van der Waals surface area contributed by atoms with Gasteiger partial charge in [-0.25, -0.2) is 18.7 Å². The summed E-state index contributed by atoms with van der Waals surface area (Å²) in [6.45, 7) is 1.55. The highest BCUT2D eigenvalue weighted by Crippen LogP contribution is 2.36. The van der Waals surface area contributed by atoms with Crippen molar-refractivity contribution in [2.24, 2.45) is 4.99 Å². The average molecular weight is 551 g/mol. The number of methoxy groups -OCH3 is 1. The molecular formula is C23H17ClF2N4O4S2. The molecule has 0 radical (unpaired) electrons. The summed E-state index contributed by atoms with van der Waals surface area (Å²) in [7, 11) is -2.73. The van der Waals surface area contributed by atoms with E-state index in [2.05, 4.69) is 19.7 Å². The van der Waals surface area contributed by atoms with Crippen LogP contribution in [0, 0.1) is 18.6 Å². The quantitative estimate of drug-likeness (QED) is 0.285. The number of hydrogen-bond acceptors (Lipinski definition) is 8. The van der Waals surface area contributed by atoms with Crippen LogP contribution >= 0.6 is 22.9 Å². The summed E-state index contributed by atoms with van der Waals surface area (Å²) in [5.41, 5.74) is 1.36. The van der Waals surface area contributed by atoms with E-state index in [9.17, 15) is 22.3 Å². The number of aromatic hydroxyl groups is 1. The fourth-order valence-corrected chi connectivity index (χ4v) is 5.66. The van der Waals surface area contributed by atoms with E-state index < -0.39 is 21.7 Å². The van der Waals surface area contributed by atoms with Crippen LogP contribution < -0.4 is 9.46 Å². The third kappa shape index (κ3) is 5.30. The summed E-state index contributed by atoms with van der Waals surface area (Å²) in [6.07, 6.45) is 2.66. The molecule has 2 aromatic carbocycles. The van der Waals surface area contributed by atoms with E-state index >= 15 is 0 Å². The SMILES string of the molecule is COc1cccc(/C=N/c2cnc(S(=O)(=O)Nc3nc(-c4ccc(F)c(F)c4)c(Cl)s3)c(C)c2)c1O. The highest BCUT2D eigenvalue weighted by Gasteiger charge is 2.22. The molecule has 0 aliphatic rings. The molecular weight excluding hydrogens is 534 g/mol. The van der Waals surface area contributed by atoms with Crippen molar-refractivity contribution in [1.82, 2.24) is 9.97 Å². The van der Waals surface area contributed by atoms with Gasteiger partial charge in [-0.3, -0.25) is 9.71 Å². The molecule has 186 valence electrons. The lowest BCUT2D eigenvalue weighted by molar-refractivity contribution is 0.373. The minimum Gasteiger partial charge on any atom is -0.504 e. The third-order valence-corrected chi connectivity index (χ3v) is 7.57. The number of rotatable bonds is 7. The van der Waals surface area contributed by atoms with Crippen LogP contribution in [0.4, 0.5) is 19.6 Å². The minimum atomic E-state index is -4.16. The third-order valence-electron chi connectivity index (χ3n) is 4.87. The first-order chi connectivity index (χ1) is 17.1. The highest BCUT2D eigenvalue weighted by atomic mass is 35.5. The van der Waals surface area contributed by atoms with Gasteiger partial charge in [0, 0.05) is 17.3 Å². The number of aryl methyl sites for hydroxylation is 1. The molecule has 2 heterocycles. The predicted molar refractivity (Wildman–Crippen MR) is 134 cm³/mol. The number of aliphatic imine (C=N–C) groups is 1.